The van der Waals surface area contributed by atoms with E-state index in [0.717, 1.165) is 6.29 Å². The Hall–Kier alpha value is -1.91. The molecular formula is C10H14N4O. The molecular weight excluding hydrogens is 192 g/mol. The molecule has 1 N–H and O–H groups in total. The molecule has 0 radical (unpaired) electrons. The normalized spacial score (nSPS) is 11.0. The average molecular weight is 206 g/mol. The van der Waals surface area contributed by atoms with Crippen LogP contribution in [-0.4, -0.2) is 42.3 Å². The molecule has 0 bridgehead atoms. The first-order valence-electron chi connectivity index (χ1n) is 4.51. The molecule has 0 atom stereocenters. The van der Waals surface area contributed by atoms with Gasteiger partial charge in [0.1, 0.15) is 5.82 Å². The lowest BCUT2D eigenvalue weighted by Gasteiger charge is -2.07. The van der Waals surface area contributed by atoms with Crippen molar-refractivity contribution in [2.24, 2.45) is 0 Å². The average Bonchev–Trinajstić information content (AvgIpc) is 2.25. The van der Waals surface area contributed by atoms with E-state index in [2.05, 4.69) is 15.3 Å². The summed E-state index contributed by atoms with van der Waals surface area (Å²) in [5.74, 6) is 0.638. The Balaban J connectivity index is 3.07. The van der Waals surface area contributed by atoms with Crippen LogP contribution >= 0.6 is 0 Å². The largest absolute Gasteiger partial charge is 0.383 e. The van der Waals surface area contributed by atoms with Gasteiger partial charge in [-0.15, -0.1) is 0 Å². The maximum Gasteiger partial charge on any atom is 0.153 e. The van der Waals surface area contributed by atoms with Crippen LogP contribution in [0.4, 0.5) is 5.82 Å². The van der Waals surface area contributed by atoms with Crippen molar-refractivity contribution in [1.29, 1.82) is 0 Å². The maximum atomic E-state index is 10.9. The first-order valence-corrected chi connectivity index (χ1v) is 4.51. The van der Waals surface area contributed by atoms with Crippen molar-refractivity contribution in [3.63, 3.8) is 0 Å². The second-order valence-electron chi connectivity index (χ2n) is 3.21. The zero-order valence-corrected chi connectivity index (χ0v) is 9.06. The van der Waals surface area contributed by atoms with Gasteiger partial charge in [-0.25, -0.2) is 4.98 Å². The van der Waals surface area contributed by atoms with Crippen molar-refractivity contribution in [3.8, 4) is 0 Å². The van der Waals surface area contributed by atoms with Crippen LogP contribution in [0.1, 0.15) is 5.69 Å². The Morgan fingerprint density at radius 1 is 1.47 bits per heavy atom. The van der Waals surface area contributed by atoms with Crippen LogP contribution in [0.2, 0.25) is 0 Å². The van der Waals surface area contributed by atoms with Crippen LogP contribution < -0.4 is 5.32 Å². The molecule has 0 aliphatic heterocycles. The van der Waals surface area contributed by atoms with E-state index in [-0.39, 0.29) is 0 Å². The number of carbonyl (C=O) groups is 1. The van der Waals surface area contributed by atoms with Gasteiger partial charge in [0.25, 0.3) is 0 Å². The lowest BCUT2D eigenvalue weighted by atomic mass is 10.2. The van der Waals surface area contributed by atoms with Crippen molar-refractivity contribution < 1.29 is 4.79 Å². The van der Waals surface area contributed by atoms with Gasteiger partial charge in [0.15, 0.2) is 6.29 Å². The molecule has 0 amide bonds. The monoisotopic (exact) mass is 206 g/mol. The molecule has 0 fully saturated rings. The van der Waals surface area contributed by atoms with Gasteiger partial charge in [-0.2, -0.15) is 0 Å². The fourth-order valence-corrected chi connectivity index (χ4v) is 1.06. The van der Waals surface area contributed by atoms with E-state index in [9.17, 15) is 4.79 Å². The van der Waals surface area contributed by atoms with E-state index in [1.165, 1.54) is 0 Å². The smallest absolute Gasteiger partial charge is 0.153 e. The van der Waals surface area contributed by atoms with Gasteiger partial charge in [-0.05, 0) is 0 Å². The lowest BCUT2D eigenvalue weighted by molar-refractivity contribution is -0.103. The van der Waals surface area contributed by atoms with Crippen molar-refractivity contribution in [3.05, 3.63) is 24.3 Å². The summed E-state index contributed by atoms with van der Waals surface area (Å²) in [7, 11) is 5.45. The molecule has 1 rings (SSSR count). The predicted molar refractivity (Wildman–Crippen MR) is 59.3 cm³/mol. The highest BCUT2D eigenvalue weighted by Crippen LogP contribution is 2.10. The van der Waals surface area contributed by atoms with Crippen LogP contribution in [0.5, 0.6) is 0 Å². The number of aromatic nitrogens is 2. The fraction of sp³-hybridized carbons (Fsp3) is 0.300. The van der Waals surface area contributed by atoms with Gasteiger partial charge in [-0.1, -0.05) is 0 Å². The van der Waals surface area contributed by atoms with Gasteiger partial charge >= 0.3 is 0 Å². The summed E-state index contributed by atoms with van der Waals surface area (Å²) in [6, 6.07) is 0. The second kappa shape index (κ2) is 5.09. The highest BCUT2D eigenvalue weighted by molar-refractivity contribution is 6.05. The second-order valence-corrected chi connectivity index (χ2v) is 3.21. The molecule has 0 aliphatic rings. The highest BCUT2D eigenvalue weighted by Gasteiger charge is 2.03. The van der Waals surface area contributed by atoms with E-state index in [4.69, 9.17) is 0 Å². The fourth-order valence-electron chi connectivity index (χ4n) is 1.06. The van der Waals surface area contributed by atoms with E-state index in [0.29, 0.717) is 17.1 Å². The lowest BCUT2D eigenvalue weighted by Crippen LogP contribution is -2.05. The maximum absolute atomic E-state index is 10.9. The zero-order chi connectivity index (χ0) is 11.3. The predicted octanol–water partition coefficient (Wildman–Crippen LogP) is 0.620. The van der Waals surface area contributed by atoms with Gasteiger partial charge < -0.3 is 10.2 Å². The Morgan fingerprint density at radius 2 is 2.20 bits per heavy atom. The van der Waals surface area contributed by atoms with Gasteiger partial charge in [0.2, 0.25) is 0 Å². The number of hydrogen-bond donors (Lipinski definition) is 1. The molecule has 0 unspecified atom stereocenters. The molecule has 0 spiro atoms. The molecule has 5 nitrogen and oxygen atoms in total. The summed E-state index contributed by atoms with van der Waals surface area (Å²) >= 11 is 0. The zero-order valence-electron chi connectivity index (χ0n) is 9.06. The number of aldehydes is 1. The number of rotatable bonds is 4. The third-order valence-corrected chi connectivity index (χ3v) is 1.71. The first-order chi connectivity index (χ1) is 7.17. The Morgan fingerprint density at radius 3 is 2.73 bits per heavy atom. The molecule has 1 aromatic heterocycles. The molecule has 5 heteroatoms. The minimum atomic E-state index is 0.504. The minimum Gasteiger partial charge on any atom is -0.383 e. The van der Waals surface area contributed by atoms with Gasteiger partial charge in [0, 0.05) is 27.3 Å². The Bertz CT molecular complexity index is 373. The van der Waals surface area contributed by atoms with Crippen LogP contribution in [0, 0.1) is 0 Å². The molecule has 80 valence electrons. The summed E-state index contributed by atoms with van der Waals surface area (Å²) < 4.78 is 0. The standard InChI is InChI=1S/C10H14N4O/c1-11-10-5-12-4-9(13-10)8(7-15)6-14(2)3/h4-7H,1-3H3,(H,11,13). The van der Waals surface area contributed by atoms with Crippen LogP contribution in [0.15, 0.2) is 18.6 Å². The number of nitrogens with zero attached hydrogens (tertiary/aromatic N) is 3. The van der Waals surface area contributed by atoms with Crippen LogP contribution in [0.3, 0.4) is 0 Å². The topological polar surface area (TPSA) is 58.1 Å². The number of hydrogen-bond acceptors (Lipinski definition) is 5. The molecule has 0 aromatic carbocycles. The first kappa shape index (κ1) is 11.2. The third-order valence-electron chi connectivity index (χ3n) is 1.71. The Labute approximate surface area is 88.8 Å². The SMILES string of the molecule is CNc1cncc(C(C=O)=CN(C)C)n1. The van der Waals surface area contributed by atoms with Crippen LogP contribution in [-0.2, 0) is 4.79 Å². The van der Waals surface area contributed by atoms with E-state index in [1.54, 1.807) is 30.5 Å². The highest BCUT2D eigenvalue weighted by atomic mass is 16.1. The molecule has 0 saturated carbocycles. The summed E-state index contributed by atoms with van der Waals surface area (Å²) in [6.07, 6.45) is 5.63. The molecule has 0 aliphatic carbocycles. The van der Waals surface area contributed by atoms with Crippen molar-refractivity contribution in [1.82, 2.24) is 14.9 Å². The number of allylic oxidation sites excluding steroid dienone is 1. The van der Waals surface area contributed by atoms with E-state index in [1.807, 2.05) is 14.1 Å². The van der Waals surface area contributed by atoms with Gasteiger partial charge in [-0.3, -0.25) is 9.78 Å². The van der Waals surface area contributed by atoms with Crippen molar-refractivity contribution in [2.45, 2.75) is 0 Å². The summed E-state index contributed by atoms with van der Waals surface area (Å²) in [4.78, 5) is 20.9. The molecule has 1 heterocycles. The van der Waals surface area contributed by atoms with Gasteiger partial charge in [0.05, 0.1) is 23.7 Å². The summed E-state index contributed by atoms with van der Waals surface area (Å²) in [5.41, 5.74) is 1.06. The molecule has 15 heavy (non-hydrogen) atoms. The van der Waals surface area contributed by atoms with E-state index >= 15 is 0 Å². The quantitative estimate of drug-likeness (QED) is 0.578. The van der Waals surface area contributed by atoms with Crippen molar-refractivity contribution >= 4 is 17.7 Å². The number of nitrogens with one attached hydrogen (secondary N) is 1. The molecule has 1 aromatic rings. The Kier molecular flexibility index (Phi) is 3.79. The summed E-state index contributed by atoms with van der Waals surface area (Å²) in [6.45, 7) is 0. The minimum absolute atomic E-state index is 0.504. The summed E-state index contributed by atoms with van der Waals surface area (Å²) in [5, 5.41) is 2.87. The number of anilines is 1. The third kappa shape index (κ3) is 3.05. The number of carbonyl (C=O) groups excluding carboxylic acids is 1. The van der Waals surface area contributed by atoms with E-state index < -0.39 is 0 Å². The van der Waals surface area contributed by atoms with Crippen LogP contribution in [0.25, 0.3) is 5.57 Å². The van der Waals surface area contributed by atoms with Crippen molar-refractivity contribution in [2.75, 3.05) is 26.5 Å². The molecule has 0 saturated heterocycles.